The highest BCUT2D eigenvalue weighted by Gasteiger charge is 2.32. The van der Waals surface area contributed by atoms with Crippen LogP contribution in [0, 0.1) is 0 Å². The minimum atomic E-state index is -0.717. The molecule has 3 heterocycles. The Morgan fingerprint density at radius 1 is 1.48 bits per heavy atom. The molecule has 114 valence electrons. The van der Waals surface area contributed by atoms with Crippen molar-refractivity contribution in [3.8, 4) is 0 Å². The van der Waals surface area contributed by atoms with E-state index in [9.17, 15) is 4.39 Å². The Kier molecular flexibility index (Phi) is 4.67. The van der Waals surface area contributed by atoms with Gasteiger partial charge in [0, 0.05) is 45.5 Å². The maximum atomic E-state index is 13.8. The molecule has 21 heavy (non-hydrogen) atoms. The molecule has 0 amide bonds. The Labute approximate surface area is 128 Å². The van der Waals surface area contributed by atoms with Crippen molar-refractivity contribution < 1.29 is 4.39 Å². The van der Waals surface area contributed by atoms with Crippen LogP contribution in [-0.4, -0.2) is 40.0 Å². The molecular weight excluding hydrogens is 287 g/mol. The Balaban J connectivity index is 1.53. The number of hydrogen-bond donors (Lipinski definition) is 1. The number of likely N-dealkylation sites (tertiary alicyclic amines) is 1. The minimum Gasteiger partial charge on any atom is -0.311 e. The van der Waals surface area contributed by atoms with Crippen LogP contribution in [0.4, 0.5) is 4.39 Å². The predicted molar refractivity (Wildman–Crippen MR) is 82.9 cm³/mol. The fourth-order valence-electron chi connectivity index (χ4n) is 2.87. The summed E-state index contributed by atoms with van der Waals surface area (Å²) in [6, 6.07) is 4.38. The molecule has 2 atom stereocenters. The molecule has 1 saturated heterocycles. The van der Waals surface area contributed by atoms with Crippen molar-refractivity contribution in [3.63, 3.8) is 0 Å². The largest absolute Gasteiger partial charge is 0.311 e. The monoisotopic (exact) mass is 308 g/mol. The quantitative estimate of drug-likeness (QED) is 0.888. The summed E-state index contributed by atoms with van der Waals surface area (Å²) in [5.41, 5.74) is 2.43. The van der Waals surface area contributed by atoms with Crippen molar-refractivity contribution in [1.29, 1.82) is 0 Å². The van der Waals surface area contributed by atoms with Gasteiger partial charge < -0.3 is 5.32 Å². The lowest BCUT2D eigenvalue weighted by Gasteiger charge is -2.24. The number of hydrogen-bond acceptors (Lipinski definition) is 4. The third-order valence-corrected chi connectivity index (χ3v) is 4.79. The van der Waals surface area contributed by atoms with Gasteiger partial charge in [-0.25, -0.2) is 4.39 Å². The predicted octanol–water partition coefficient (Wildman–Crippen LogP) is 2.18. The van der Waals surface area contributed by atoms with E-state index in [1.54, 1.807) is 17.5 Å². The summed E-state index contributed by atoms with van der Waals surface area (Å²) < 4.78 is 15.6. The zero-order valence-electron chi connectivity index (χ0n) is 12.2. The number of alkyl halides is 1. The fraction of sp³-hybridized carbons (Fsp3) is 0.533. The maximum Gasteiger partial charge on any atom is 0.114 e. The van der Waals surface area contributed by atoms with E-state index in [1.165, 1.54) is 5.56 Å². The van der Waals surface area contributed by atoms with E-state index in [0.29, 0.717) is 13.0 Å². The number of nitrogens with one attached hydrogen (secondary N) is 1. The summed E-state index contributed by atoms with van der Waals surface area (Å²) in [7, 11) is 1.93. The number of aryl methyl sites for hydroxylation is 1. The van der Waals surface area contributed by atoms with E-state index >= 15 is 0 Å². The Morgan fingerprint density at radius 3 is 3.10 bits per heavy atom. The van der Waals surface area contributed by atoms with Crippen molar-refractivity contribution >= 4 is 11.3 Å². The molecular formula is C15H21FN4S. The zero-order valence-corrected chi connectivity index (χ0v) is 13.0. The molecule has 0 aliphatic carbocycles. The van der Waals surface area contributed by atoms with Gasteiger partial charge in [-0.1, -0.05) is 0 Å². The van der Waals surface area contributed by atoms with Crippen molar-refractivity contribution in [2.45, 2.75) is 31.7 Å². The van der Waals surface area contributed by atoms with Gasteiger partial charge in [0.15, 0.2) is 0 Å². The van der Waals surface area contributed by atoms with Gasteiger partial charge in [0.05, 0.1) is 5.69 Å². The first kappa shape index (κ1) is 14.7. The third-order valence-electron chi connectivity index (χ3n) is 4.05. The van der Waals surface area contributed by atoms with Crippen LogP contribution in [0.2, 0.25) is 0 Å². The molecule has 0 unspecified atom stereocenters. The molecule has 0 radical (unpaired) electrons. The van der Waals surface area contributed by atoms with Crippen LogP contribution >= 0.6 is 11.3 Å². The van der Waals surface area contributed by atoms with Gasteiger partial charge in [0.2, 0.25) is 0 Å². The molecule has 6 heteroatoms. The maximum absolute atomic E-state index is 13.8. The second-order valence-corrected chi connectivity index (χ2v) is 6.40. The van der Waals surface area contributed by atoms with E-state index in [1.807, 2.05) is 17.8 Å². The molecule has 0 saturated carbocycles. The number of thiophene rings is 1. The van der Waals surface area contributed by atoms with Gasteiger partial charge in [0.1, 0.15) is 6.17 Å². The van der Waals surface area contributed by atoms with Crippen LogP contribution < -0.4 is 5.32 Å². The zero-order chi connectivity index (χ0) is 14.7. The topological polar surface area (TPSA) is 33.1 Å². The van der Waals surface area contributed by atoms with E-state index in [0.717, 1.165) is 25.3 Å². The van der Waals surface area contributed by atoms with Crippen LogP contribution in [0.1, 0.15) is 17.7 Å². The first-order chi connectivity index (χ1) is 10.2. The van der Waals surface area contributed by atoms with Crippen molar-refractivity contribution in [1.82, 2.24) is 20.0 Å². The van der Waals surface area contributed by atoms with Crippen LogP contribution in [0.3, 0.4) is 0 Å². The fourth-order valence-corrected chi connectivity index (χ4v) is 3.54. The van der Waals surface area contributed by atoms with Crippen molar-refractivity contribution in [2.75, 3.05) is 13.1 Å². The summed E-state index contributed by atoms with van der Waals surface area (Å²) in [4.78, 5) is 2.22. The van der Waals surface area contributed by atoms with Crippen LogP contribution in [0.25, 0.3) is 0 Å². The molecule has 0 aromatic carbocycles. The lowest BCUT2D eigenvalue weighted by Crippen LogP contribution is -2.37. The second-order valence-electron chi connectivity index (χ2n) is 5.62. The minimum absolute atomic E-state index is 0.258. The number of rotatable bonds is 6. The lowest BCUT2D eigenvalue weighted by atomic mass is 10.2. The van der Waals surface area contributed by atoms with Crippen molar-refractivity contribution in [2.24, 2.45) is 7.05 Å². The highest BCUT2D eigenvalue weighted by Crippen LogP contribution is 2.22. The summed E-state index contributed by atoms with van der Waals surface area (Å²) in [6.07, 6.45) is 1.70. The highest BCUT2D eigenvalue weighted by molar-refractivity contribution is 7.07. The van der Waals surface area contributed by atoms with Crippen molar-refractivity contribution in [3.05, 3.63) is 40.3 Å². The molecule has 4 nitrogen and oxygen atoms in total. The molecule has 1 fully saturated rings. The number of nitrogens with zero attached hydrogens (tertiary/aromatic N) is 3. The van der Waals surface area contributed by atoms with E-state index in [4.69, 9.17) is 0 Å². The Morgan fingerprint density at radius 2 is 2.38 bits per heavy atom. The average Bonchev–Trinajstić information content (AvgIpc) is 3.15. The summed E-state index contributed by atoms with van der Waals surface area (Å²) in [5.74, 6) is 0. The standard InChI is InChI=1S/C15H21FN4S/c1-19-14(2-4-18-19)10-20-9-13(16)6-15(20)8-17-7-12-3-5-21-11-12/h2-5,11,13,15,17H,6-10H2,1H3/t13-,15-/m0/s1. The van der Waals surface area contributed by atoms with Gasteiger partial charge in [-0.15, -0.1) is 0 Å². The Bertz CT molecular complexity index is 554. The highest BCUT2D eigenvalue weighted by atomic mass is 32.1. The van der Waals surface area contributed by atoms with E-state index in [-0.39, 0.29) is 6.04 Å². The number of halogens is 1. The Hall–Kier alpha value is -1.24. The molecule has 1 aliphatic heterocycles. The van der Waals surface area contributed by atoms with Crippen LogP contribution in [-0.2, 0) is 20.1 Å². The summed E-state index contributed by atoms with van der Waals surface area (Å²) in [5, 5.41) is 11.9. The SMILES string of the molecule is Cn1nccc1CN1C[C@@H](F)C[C@H]1CNCc1ccsc1. The van der Waals surface area contributed by atoms with E-state index in [2.05, 4.69) is 32.1 Å². The molecule has 1 aliphatic rings. The van der Waals surface area contributed by atoms with Gasteiger partial charge in [-0.2, -0.15) is 16.4 Å². The molecule has 0 spiro atoms. The number of aromatic nitrogens is 2. The average molecular weight is 308 g/mol. The third kappa shape index (κ3) is 3.70. The van der Waals surface area contributed by atoms with Gasteiger partial charge >= 0.3 is 0 Å². The normalized spacial score (nSPS) is 23.0. The molecule has 0 bridgehead atoms. The lowest BCUT2D eigenvalue weighted by molar-refractivity contribution is 0.224. The first-order valence-corrected chi connectivity index (χ1v) is 8.23. The first-order valence-electron chi connectivity index (χ1n) is 7.29. The molecule has 1 N–H and O–H groups in total. The van der Waals surface area contributed by atoms with Crippen LogP contribution in [0.5, 0.6) is 0 Å². The smallest absolute Gasteiger partial charge is 0.114 e. The summed E-state index contributed by atoms with van der Waals surface area (Å²) >= 11 is 1.71. The van der Waals surface area contributed by atoms with E-state index < -0.39 is 6.17 Å². The van der Waals surface area contributed by atoms with Crippen LogP contribution in [0.15, 0.2) is 29.1 Å². The van der Waals surface area contributed by atoms with Gasteiger partial charge in [-0.05, 0) is 34.9 Å². The molecule has 3 rings (SSSR count). The summed E-state index contributed by atoms with van der Waals surface area (Å²) in [6.45, 7) is 2.97. The molecule has 2 aromatic heterocycles. The van der Waals surface area contributed by atoms with Gasteiger partial charge in [0.25, 0.3) is 0 Å². The molecule has 2 aromatic rings. The second kappa shape index (κ2) is 6.68. The van der Waals surface area contributed by atoms with Gasteiger partial charge in [-0.3, -0.25) is 9.58 Å².